The number of hydrogen-bond donors (Lipinski definition) is 1. The first kappa shape index (κ1) is 11.5. The Hall–Kier alpha value is -0.530. The van der Waals surface area contributed by atoms with Gasteiger partial charge >= 0.3 is 0 Å². The van der Waals surface area contributed by atoms with Crippen LogP contribution in [-0.2, 0) is 0 Å². The van der Waals surface area contributed by atoms with Crippen molar-refractivity contribution in [3.63, 3.8) is 0 Å². The van der Waals surface area contributed by atoms with Crippen LogP contribution in [0.2, 0.25) is 5.02 Å². The van der Waals surface area contributed by atoms with Crippen molar-refractivity contribution >= 4 is 11.6 Å². The summed E-state index contributed by atoms with van der Waals surface area (Å²) in [4.78, 5) is 0. The molecule has 78 valence electrons. The van der Waals surface area contributed by atoms with Crippen LogP contribution >= 0.6 is 11.6 Å². The van der Waals surface area contributed by atoms with E-state index in [1.165, 1.54) is 0 Å². The number of aliphatic hydroxyl groups is 1. The molecule has 1 aromatic carbocycles. The Morgan fingerprint density at radius 3 is 2.50 bits per heavy atom. The minimum atomic E-state index is -0.405. The standard InChI is InChI=1S/C12H17ClO/c1-4-9(3)12(14)10-5-8(2)6-11(13)7-10/h5-7,9,12,14H,4H2,1-3H3. The molecule has 0 saturated heterocycles. The largest absolute Gasteiger partial charge is 0.388 e. The summed E-state index contributed by atoms with van der Waals surface area (Å²) >= 11 is 5.93. The highest BCUT2D eigenvalue weighted by molar-refractivity contribution is 6.30. The third-order valence-electron chi connectivity index (χ3n) is 2.59. The van der Waals surface area contributed by atoms with E-state index in [1.807, 2.05) is 32.0 Å². The predicted octanol–water partition coefficient (Wildman–Crippen LogP) is 3.73. The molecular formula is C12H17ClO. The molecular weight excluding hydrogens is 196 g/mol. The lowest BCUT2D eigenvalue weighted by molar-refractivity contribution is 0.115. The molecule has 2 atom stereocenters. The van der Waals surface area contributed by atoms with E-state index >= 15 is 0 Å². The number of halogens is 1. The molecule has 0 saturated carbocycles. The Balaban J connectivity index is 2.94. The van der Waals surface area contributed by atoms with Crippen molar-refractivity contribution in [2.45, 2.75) is 33.3 Å². The van der Waals surface area contributed by atoms with Gasteiger partial charge in [0.15, 0.2) is 0 Å². The molecule has 0 spiro atoms. The number of benzene rings is 1. The van der Waals surface area contributed by atoms with Crippen molar-refractivity contribution in [1.82, 2.24) is 0 Å². The van der Waals surface area contributed by atoms with Gasteiger partial charge in [-0.2, -0.15) is 0 Å². The maximum atomic E-state index is 9.98. The van der Waals surface area contributed by atoms with Crippen LogP contribution in [0, 0.1) is 12.8 Å². The molecule has 1 nitrogen and oxygen atoms in total. The molecule has 0 aliphatic rings. The monoisotopic (exact) mass is 212 g/mol. The molecule has 1 rings (SSSR count). The number of aliphatic hydroxyl groups excluding tert-OH is 1. The smallest absolute Gasteiger partial charge is 0.0816 e. The summed E-state index contributed by atoms with van der Waals surface area (Å²) in [6.07, 6.45) is 0.560. The number of rotatable bonds is 3. The van der Waals surface area contributed by atoms with Crippen molar-refractivity contribution in [3.8, 4) is 0 Å². The predicted molar refractivity (Wildman–Crippen MR) is 60.6 cm³/mol. The Morgan fingerprint density at radius 1 is 1.36 bits per heavy atom. The summed E-state index contributed by atoms with van der Waals surface area (Å²) in [7, 11) is 0. The van der Waals surface area contributed by atoms with Gasteiger partial charge in [0, 0.05) is 5.02 Å². The van der Waals surface area contributed by atoms with Crippen molar-refractivity contribution in [2.75, 3.05) is 0 Å². The molecule has 0 radical (unpaired) electrons. The normalized spacial score (nSPS) is 15.2. The average molecular weight is 213 g/mol. The quantitative estimate of drug-likeness (QED) is 0.810. The van der Waals surface area contributed by atoms with E-state index in [-0.39, 0.29) is 5.92 Å². The third kappa shape index (κ3) is 2.73. The summed E-state index contributed by atoms with van der Waals surface area (Å²) in [6.45, 7) is 6.10. The molecule has 2 unspecified atom stereocenters. The van der Waals surface area contributed by atoms with Crippen LogP contribution < -0.4 is 0 Å². The zero-order chi connectivity index (χ0) is 10.7. The molecule has 0 bridgehead atoms. The Kier molecular flexibility index (Phi) is 3.97. The van der Waals surface area contributed by atoms with Gasteiger partial charge < -0.3 is 5.11 Å². The van der Waals surface area contributed by atoms with Gasteiger partial charge in [0.1, 0.15) is 0 Å². The maximum Gasteiger partial charge on any atom is 0.0816 e. The van der Waals surface area contributed by atoms with E-state index in [0.29, 0.717) is 5.02 Å². The molecule has 0 heterocycles. The zero-order valence-electron chi connectivity index (χ0n) is 8.92. The van der Waals surface area contributed by atoms with E-state index < -0.39 is 6.10 Å². The van der Waals surface area contributed by atoms with Crippen LogP contribution in [0.4, 0.5) is 0 Å². The third-order valence-corrected chi connectivity index (χ3v) is 2.81. The molecule has 1 aromatic rings. The van der Waals surface area contributed by atoms with Crippen LogP contribution in [0.1, 0.15) is 37.5 Å². The van der Waals surface area contributed by atoms with E-state index in [0.717, 1.165) is 17.5 Å². The van der Waals surface area contributed by atoms with Gasteiger partial charge in [0.2, 0.25) is 0 Å². The molecule has 1 N–H and O–H groups in total. The van der Waals surface area contributed by atoms with Gasteiger partial charge in [-0.1, -0.05) is 37.9 Å². The molecule has 0 aliphatic carbocycles. The highest BCUT2D eigenvalue weighted by atomic mass is 35.5. The second-order valence-corrected chi connectivity index (χ2v) is 4.33. The van der Waals surface area contributed by atoms with Gasteiger partial charge in [-0.3, -0.25) is 0 Å². The fraction of sp³-hybridized carbons (Fsp3) is 0.500. The van der Waals surface area contributed by atoms with Gasteiger partial charge in [-0.05, 0) is 36.1 Å². The molecule has 0 aliphatic heterocycles. The lowest BCUT2D eigenvalue weighted by Crippen LogP contribution is -2.08. The van der Waals surface area contributed by atoms with Crippen molar-refractivity contribution in [3.05, 3.63) is 34.3 Å². The summed E-state index contributed by atoms with van der Waals surface area (Å²) in [6, 6.07) is 5.72. The Labute approximate surface area is 90.7 Å². The number of hydrogen-bond acceptors (Lipinski definition) is 1. The molecule has 0 aromatic heterocycles. The van der Waals surface area contributed by atoms with Gasteiger partial charge in [-0.25, -0.2) is 0 Å². The fourth-order valence-electron chi connectivity index (χ4n) is 1.49. The van der Waals surface area contributed by atoms with E-state index in [9.17, 15) is 5.11 Å². The zero-order valence-corrected chi connectivity index (χ0v) is 9.67. The second-order valence-electron chi connectivity index (χ2n) is 3.89. The maximum absolute atomic E-state index is 9.98. The Morgan fingerprint density at radius 2 is 2.00 bits per heavy atom. The Bertz CT molecular complexity index is 289. The van der Waals surface area contributed by atoms with Crippen LogP contribution in [-0.4, -0.2) is 5.11 Å². The summed E-state index contributed by atoms with van der Waals surface area (Å²) in [5, 5.41) is 10.7. The number of aryl methyl sites for hydroxylation is 1. The minimum Gasteiger partial charge on any atom is -0.388 e. The first-order valence-electron chi connectivity index (χ1n) is 4.99. The molecule has 0 fully saturated rings. The summed E-state index contributed by atoms with van der Waals surface area (Å²) < 4.78 is 0. The minimum absolute atomic E-state index is 0.271. The van der Waals surface area contributed by atoms with Gasteiger partial charge in [-0.15, -0.1) is 0 Å². The average Bonchev–Trinajstić information content (AvgIpc) is 2.14. The van der Waals surface area contributed by atoms with Crippen LogP contribution in [0.15, 0.2) is 18.2 Å². The van der Waals surface area contributed by atoms with E-state index in [2.05, 4.69) is 6.92 Å². The van der Waals surface area contributed by atoms with E-state index in [1.54, 1.807) is 0 Å². The molecule has 14 heavy (non-hydrogen) atoms. The van der Waals surface area contributed by atoms with Crippen molar-refractivity contribution in [1.29, 1.82) is 0 Å². The topological polar surface area (TPSA) is 20.2 Å². The van der Waals surface area contributed by atoms with Crippen molar-refractivity contribution in [2.24, 2.45) is 5.92 Å². The second kappa shape index (κ2) is 4.81. The van der Waals surface area contributed by atoms with Gasteiger partial charge in [0.25, 0.3) is 0 Å². The van der Waals surface area contributed by atoms with Crippen LogP contribution in [0.3, 0.4) is 0 Å². The van der Waals surface area contributed by atoms with Crippen LogP contribution in [0.25, 0.3) is 0 Å². The summed E-state index contributed by atoms with van der Waals surface area (Å²) in [5.41, 5.74) is 2.01. The lowest BCUT2D eigenvalue weighted by Gasteiger charge is -2.18. The molecule has 0 amide bonds. The lowest BCUT2D eigenvalue weighted by atomic mass is 9.94. The fourth-order valence-corrected chi connectivity index (χ4v) is 1.79. The highest BCUT2D eigenvalue weighted by Crippen LogP contribution is 2.27. The SMILES string of the molecule is CCC(C)C(O)c1cc(C)cc(Cl)c1. The first-order chi connectivity index (χ1) is 6.54. The van der Waals surface area contributed by atoms with Crippen LogP contribution in [0.5, 0.6) is 0 Å². The highest BCUT2D eigenvalue weighted by Gasteiger charge is 2.15. The van der Waals surface area contributed by atoms with Gasteiger partial charge in [0.05, 0.1) is 6.10 Å². The summed E-state index contributed by atoms with van der Waals surface area (Å²) in [5.74, 6) is 0.271. The van der Waals surface area contributed by atoms with E-state index in [4.69, 9.17) is 11.6 Å². The molecule has 2 heteroatoms. The van der Waals surface area contributed by atoms with Crippen molar-refractivity contribution < 1.29 is 5.11 Å². The first-order valence-corrected chi connectivity index (χ1v) is 5.37.